The molecule has 1 aromatic heterocycles. The first-order valence-electron chi connectivity index (χ1n) is 11.0. The summed E-state index contributed by atoms with van der Waals surface area (Å²) in [4.78, 5) is 31.5. The minimum absolute atomic E-state index is 0.0573. The second-order valence-electron chi connectivity index (χ2n) is 8.84. The van der Waals surface area contributed by atoms with Gasteiger partial charge in [0.1, 0.15) is 0 Å². The Morgan fingerprint density at radius 1 is 1.00 bits per heavy atom. The van der Waals surface area contributed by atoms with Crippen molar-refractivity contribution in [2.75, 3.05) is 14.1 Å². The molecule has 1 atom stereocenters. The van der Waals surface area contributed by atoms with Crippen LogP contribution in [0.5, 0.6) is 0 Å². The molecule has 3 rings (SSSR count). The van der Waals surface area contributed by atoms with Gasteiger partial charge in [-0.25, -0.2) is 0 Å². The van der Waals surface area contributed by atoms with E-state index in [1.54, 1.807) is 32.4 Å². The zero-order chi connectivity index (χ0) is 25.6. The summed E-state index contributed by atoms with van der Waals surface area (Å²) in [6, 6.07) is 20.9. The molecule has 0 fully saturated rings. The Balaban J connectivity index is 1.93. The summed E-state index contributed by atoms with van der Waals surface area (Å²) in [6.45, 7) is 3.69. The number of nitrogens with zero attached hydrogens (tertiary/aromatic N) is 2. The van der Waals surface area contributed by atoms with Crippen molar-refractivity contribution in [3.05, 3.63) is 89.6 Å². The number of carbonyl (C=O) groups is 2. The zero-order valence-electron chi connectivity index (χ0n) is 20.2. The smallest absolute Gasteiger partial charge is 0.253 e. The molecule has 1 unspecified atom stereocenters. The first-order chi connectivity index (χ1) is 16.6. The van der Waals surface area contributed by atoms with Gasteiger partial charge in [0.15, 0.2) is 5.17 Å². The second kappa shape index (κ2) is 11.1. The Morgan fingerprint density at radius 2 is 1.66 bits per heavy atom. The number of nitrogens with one attached hydrogen (secondary N) is 3. The van der Waals surface area contributed by atoms with Crippen molar-refractivity contribution in [3.63, 3.8) is 0 Å². The van der Waals surface area contributed by atoms with Gasteiger partial charge in [-0.1, -0.05) is 62.4 Å². The van der Waals surface area contributed by atoms with E-state index in [-0.39, 0.29) is 22.9 Å². The summed E-state index contributed by atoms with van der Waals surface area (Å²) < 4.78 is 0. The number of rotatable bonds is 7. The Morgan fingerprint density at radius 3 is 2.20 bits per heavy atom. The average Bonchev–Trinajstić information content (AvgIpc) is 2.85. The van der Waals surface area contributed by atoms with E-state index >= 15 is 0 Å². The highest BCUT2D eigenvalue weighted by atomic mass is 32.2. The third-order valence-electron chi connectivity index (χ3n) is 5.80. The Kier molecular flexibility index (Phi) is 8.19. The number of benzene rings is 2. The molecule has 1 heterocycles. The molecule has 3 N–H and O–H groups in total. The van der Waals surface area contributed by atoms with Gasteiger partial charge >= 0.3 is 0 Å². The third kappa shape index (κ3) is 6.02. The quantitative estimate of drug-likeness (QED) is 0.322. The molecule has 0 radical (unpaired) electrons. The molecule has 7 nitrogen and oxygen atoms in total. The fourth-order valence-corrected chi connectivity index (χ4v) is 4.21. The molecule has 2 amide bonds. The van der Waals surface area contributed by atoms with E-state index in [1.165, 1.54) is 4.90 Å². The fourth-order valence-electron chi connectivity index (χ4n) is 3.94. The normalized spacial score (nSPS) is 11.9. The number of hydrogen-bond acceptors (Lipinski definition) is 6. The SMILES string of the molecule is CN(C)C(=O)c1ccc(-c2ccc(C(c3ccccc3)C(C)(C)C(=O)NC(=N)SC=N)cn2)cc1. The maximum Gasteiger partial charge on any atom is 0.253 e. The molecule has 0 aliphatic carbocycles. The number of carbonyl (C=O) groups excluding carboxylic acids is 2. The van der Waals surface area contributed by atoms with Gasteiger partial charge in [0, 0.05) is 37.3 Å². The molecule has 0 bridgehead atoms. The van der Waals surface area contributed by atoms with Gasteiger partial charge in [-0.05, 0) is 41.1 Å². The highest BCUT2D eigenvalue weighted by molar-refractivity contribution is 8.24. The van der Waals surface area contributed by atoms with Crippen molar-refractivity contribution in [1.82, 2.24) is 15.2 Å². The van der Waals surface area contributed by atoms with Crippen LogP contribution in [0, 0.1) is 16.2 Å². The van der Waals surface area contributed by atoms with Gasteiger partial charge in [0.2, 0.25) is 5.91 Å². The molecule has 0 saturated heterocycles. The predicted molar refractivity (Wildman–Crippen MR) is 142 cm³/mol. The van der Waals surface area contributed by atoms with E-state index in [2.05, 4.69) is 10.3 Å². The number of aromatic nitrogens is 1. The van der Waals surface area contributed by atoms with Crippen LogP contribution >= 0.6 is 11.8 Å². The Labute approximate surface area is 210 Å². The van der Waals surface area contributed by atoms with Crippen molar-refractivity contribution < 1.29 is 9.59 Å². The van der Waals surface area contributed by atoms with Crippen LogP contribution in [0.15, 0.2) is 72.9 Å². The van der Waals surface area contributed by atoms with Gasteiger partial charge in [-0.3, -0.25) is 20.0 Å². The van der Waals surface area contributed by atoms with Gasteiger partial charge in [-0.2, -0.15) is 0 Å². The fraction of sp³-hybridized carbons (Fsp3) is 0.222. The number of hydrogen-bond donors (Lipinski definition) is 3. The van der Waals surface area contributed by atoms with E-state index in [1.807, 2.05) is 68.4 Å². The Bertz CT molecular complexity index is 1210. The number of thioether (sulfide) groups is 1. The summed E-state index contributed by atoms with van der Waals surface area (Å²) >= 11 is 0.840. The molecule has 35 heavy (non-hydrogen) atoms. The van der Waals surface area contributed by atoms with Crippen molar-refractivity contribution >= 4 is 34.3 Å². The first-order valence-corrected chi connectivity index (χ1v) is 11.9. The summed E-state index contributed by atoms with van der Waals surface area (Å²) in [7, 11) is 3.44. The van der Waals surface area contributed by atoms with E-state index in [9.17, 15) is 9.59 Å². The minimum atomic E-state index is -0.909. The standard InChI is InChI=1S/C27H29N5O2S/c1-27(2,25(34)31-26(29)35-17-28)23(19-8-6-5-7-9-19)21-14-15-22(30-16-21)18-10-12-20(13-11-18)24(33)32(3)4/h5-17,23,28H,1-4H3,(H2,29,31,34). The second-order valence-corrected chi connectivity index (χ2v) is 9.72. The largest absolute Gasteiger partial charge is 0.345 e. The van der Waals surface area contributed by atoms with Gasteiger partial charge in [-0.15, -0.1) is 0 Å². The lowest BCUT2D eigenvalue weighted by Crippen LogP contribution is -2.43. The number of amidine groups is 1. The van der Waals surface area contributed by atoms with Crippen LogP contribution in [0.3, 0.4) is 0 Å². The third-order valence-corrected chi connectivity index (χ3v) is 6.25. The summed E-state index contributed by atoms with van der Waals surface area (Å²) in [5, 5.41) is 17.5. The van der Waals surface area contributed by atoms with Crippen LogP contribution in [-0.2, 0) is 4.79 Å². The lowest BCUT2D eigenvalue weighted by Gasteiger charge is -2.33. The van der Waals surface area contributed by atoms with Crippen molar-refractivity contribution in [3.8, 4) is 11.3 Å². The minimum Gasteiger partial charge on any atom is -0.345 e. The molecule has 3 aromatic rings. The van der Waals surface area contributed by atoms with Crippen LogP contribution in [-0.4, -0.2) is 46.5 Å². The van der Waals surface area contributed by atoms with Crippen LogP contribution in [0.25, 0.3) is 11.3 Å². The average molecular weight is 488 g/mol. The maximum absolute atomic E-state index is 13.2. The van der Waals surface area contributed by atoms with Crippen LogP contribution < -0.4 is 5.32 Å². The molecule has 2 aromatic carbocycles. The van der Waals surface area contributed by atoms with Crippen molar-refractivity contribution in [2.45, 2.75) is 19.8 Å². The molecule has 0 aliphatic heterocycles. The molecular formula is C27H29N5O2S. The maximum atomic E-state index is 13.2. The van der Waals surface area contributed by atoms with Crippen molar-refractivity contribution in [2.24, 2.45) is 5.41 Å². The topological polar surface area (TPSA) is 110 Å². The van der Waals surface area contributed by atoms with Gasteiger partial charge in [0.25, 0.3) is 5.91 Å². The van der Waals surface area contributed by atoms with Gasteiger partial charge in [0.05, 0.1) is 16.7 Å². The van der Waals surface area contributed by atoms with Crippen LogP contribution in [0.1, 0.15) is 41.3 Å². The van der Waals surface area contributed by atoms with Crippen LogP contribution in [0.4, 0.5) is 0 Å². The van der Waals surface area contributed by atoms with E-state index in [4.69, 9.17) is 10.8 Å². The molecule has 0 spiro atoms. The Hall–Kier alpha value is -3.78. The van der Waals surface area contributed by atoms with E-state index in [0.29, 0.717) is 5.56 Å². The summed E-state index contributed by atoms with van der Waals surface area (Å²) in [5.74, 6) is -0.683. The first kappa shape index (κ1) is 25.8. The lowest BCUT2D eigenvalue weighted by atomic mass is 9.71. The molecule has 0 saturated carbocycles. The highest BCUT2D eigenvalue weighted by Gasteiger charge is 2.39. The summed E-state index contributed by atoms with van der Waals surface area (Å²) in [5.41, 5.74) is 4.18. The molecule has 8 heteroatoms. The van der Waals surface area contributed by atoms with Crippen molar-refractivity contribution in [1.29, 1.82) is 10.8 Å². The van der Waals surface area contributed by atoms with Gasteiger partial charge < -0.3 is 15.6 Å². The predicted octanol–water partition coefficient (Wildman–Crippen LogP) is 5.00. The van der Waals surface area contributed by atoms with E-state index < -0.39 is 5.41 Å². The zero-order valence-corrected chi connectivity index (χ0v) is 21.0. The molecule has 0 aliphatic rings. The molecule has 180 valence electrons. The lowest BCUT2D eigenvalue weighted by molar-refractivity contribution is -0.128. The summed E-state index contributed by atoms with van der Waals surface area (Å²) in [6.07, 6.45) is 1.78. The number of amides is 2. The molecular weight excluding hydrogens is 458 g/mol. The van der Waals surface area contributed by atoms with Crippen LogP contribution in [0.2, 0.25) is 0 Å². The highest BCUT2D eigenvalue weighted by Crippen LogP contribution is 2.41. The number of pyridine rings is 1. The monoisotopic (exact) mass is 487 g/mol. The van der Waals surface area contributed by atoms with E-state index in [0.717, 1.165) is 39.7 Å².